The molecule has 3 N–H and O–H groups in total. The summed E-state index contributed by atoms with van der Waals surface area (Å²) in [5.74, 6) is -0.0712. The van der Waals surface area contributed by atoms with Crippen LogP contribution in [0.1, 0.15) is 44.8 Å². The number of aromatic carboxylic acids is 1. The Morgan fingerprint density at radius 1 is 1.17 bits per heavy atom. The van der Waals surface area contributed by atoms with Crippen LogP contribution in [0.25, 0.3) is 0 Å². The van der Waals surface area contributed by atoms with Gasteiger partial charge in [-0.05, 0) is 49.6 Å². The molecule has 2 atom stereocenters. The van der Waals surface area contributed by atoms with E-state index in [4.69, 9.17) is 11.5 Å². The summed E-state index contributed by atoms with van der Waals surface area (Å²) >= 11 is 0. The standard InChI is InChI=1S/C26H26FN5O4/c1-3-21(8-5-13-32-16-23(26(35)36)30-31-32)28-25(34)22(15-18-7-4-6-17(2)14-18)29-24(33)19-9-11-20(27)12-10-19/h1,4,6-7,9-12,14,16,21-22H,5,8,13,15H2,2H3,(H,28,34)(H,29,33)(H,35,36)/t21-,22+/m1/s1. The molecule has 0 spiro atoms. The fourth-order valence-corrected chi connectivity index (χ4v) is 3.56. The summed E-state index contributed by atoms with van der Waals surface area (Å²) < 4.78 is 14.6. The highest BCUT2D eigenvalue weighted by atomic mass is 19.1. The summed E-state index contributed by atoms with van der Waals surface area (Å²) in [5.41, 5.74) is 1.93. The van der Waals surface area contributed by atoms with Crippen molar-refractivity contribution in [3.8, 4) is 12.3 Å². The number of halogens is 1. The zero-order chi connectivity index (χ0) is 26.1. The van der Waals surface area contributed by atoms with E-state index in [1.165, 1.54) is 35.1 Å². The van der Waals surface area contributed by atoms with E-state index in [2.05, 4.69) is 26.9 Å². The van der Waals surface area contributed by atoms with Crippen molar-refractivity contribution in [2.75, 3.05) is 0 Å². The molecule has 1 aromatic heterocycles. The van der Waals surface area contributed by atoms with Gasteiger partial charge in [0.1, 0.15) is 11.9 Å². The number of terminal acetylenes is 1. The maximum Gasteiger partial charge on any atom is 0.358 e. The molecule has 9 nitrogen and oxygen atoms in total. The van der Waals surface area contributed by atoms with Crippen molar-refractivity contribution >= 4 is 17.8 Å². The van der Waals surface area contributed by atoms with Gasteiger partial charge < -0.3 is 15.7 Å². The minimum atomic E-state index is -1.17. The summed E-state index contributed by atoms with van der Waals surface area (Å²) in [5, 5.41) is 21.7. The predicted molar refractivity (Wildman–Crippen MR) is 130 cm³/mol. The average Bonchev–Trinajstić information content (AvgIpc) is 3.32. The van der Waals surface area contributed by atoms with Crippen molar-refractivity contribution in [3.63, 3.8) is 0 Å². The lowest BCUT2D eigenvalue weighted by atomic mass is 10.0. The number of nitrogens with zero attached hydrogens (tertiary/aromatic N) is 3. The molecule has 0 radical (unpaired) electrons. The lowest BCUT2D eigenvalue weighted by Gasteiger charge is -2.21. The van der Waals surface area contributed by atoms with E-state index in [0.717, 1.165) is 11.1 Å². The quantitative estimate of drug-likeness (QED) is 0.354. The van der Waals surface area contributed by atoms with Crippen LogP contribution in [0.4, 0.5) is 4.39 Å². The number of rotatable bonds is 11. The summed E-state index contributed by atoms with van der Waals surface area (Å²) in [7, 11) is 0. The average molecular weight is 492 g/mol. The number of benzene rings is 2. The third-order valence-electron chi connectivity index (χ3n) is 5.41. The van der Waals surface area contributed by atoms with Crippen molar-refractivity contribution in [1.29, 1.82) is 0 Å². The Hall–Kier alpha value is -4.52. The Morgan fingerprint density at radius 3 is 2.56 bits per heavy atom. The van der Waals surface area contributed by atoms with Crippen LogP contribution in [0.2, 0.25) is 0 Å². The zero-order valence-electron chi connectivity index (χ0n) is 19.6. The van der Waals surface area contributed by atoms with Crippen LogP contribution in [0, 0.1) is 25.1 Å². The molecule has 3 rings (SSSR count). The Kier molecular flexibility index (Phi) is 8.89. The van der Waals surface area contributed by atoms with Crippen LogP contribution in [-0.4, -0.2) is 50.0 Å². The van der Waals surface area contributed by atoms with E-state index < -0.39 is 35.7 Å². The molecule has 36 heavy (non-hydrogen) atoms. The van der Waals surface area contributed by atoms with E-state index in [0.29, 0.717) is 19.4 Å². The van der Waals surface area contributed by atoms with Crippen LogP contribution >= 0.6 is 0 Å². The van der Waals surface area contributed by atoms with Gasteiger partial charge in [-0.15, -0.1) is 11.5 Å². The third-order valence-corrected chi connectivity index (χ3v) is 5.41. The normalized spacial score (nSPS) is 12.2. The first-order chi connectivity index (χ1) is 17.2. The van der Waals surface area contributed by atoms with Gasteiger partial charge >= 0.3 is 5.97 Å². The predicted octanol–water partition coefficient (Wildman–Crippen LogP) is 2.36. The second-order valence-electron chi connectivity index (χ2n) is 8.27. The fraction of sp³-hybridized carbons (Fsp3) is 0.269. The number of carboxylic acids is 1. The van der Waals surface area contributed by atoms with Gasteiger partial charge in [-0.2, -0.15) is 0 Å². The molecule has 0 saturated carbocycles. The molecule has 0 saturated heterocycles. The summed E-state index contributed by atoms with van der Waals surface area (Å²) in [6.07, 6.45) is 8.07. The van der Waals surface area contributed by atoms with Gasteiger partial charge in [0.05, 0.1) is 12.2 Å². The Balaban J connectivity index is 1.65. The highest BCUT2D eigenvalue weighted by Gasteiger charge is 2.24. The molecule has 0 aliphatic rings. The number of aromatic nitrogens is 3. The Bertz CT molecular complexity index is 1270. The molecule has 2 aromatic carbocycles. The summed E-state index contributed by atoms with van der Waals surface area (Å²) in [6, 6.07) is 11.1. The first-order valence-corrected chi connectivity index (χ1v) is 11.3. The van der Waals surface area contributed by atoms with Gasteiger partial charge in [-0.3, -0.25) is 14.3 Å². The third kappa shape index (κ3) is 7.50. The highest BCUT2D eigenvalue weighted by Crippen LogP contribution is 2.10. The highest BCUT2D eigenvalue weighted by molar-refractivity contribution is 5.97. The van der Waals surface area contributed by atoms with Crippen molar-refractivity contribution in [1.82, 2.24) is 25.6 Å². The maximum atomic E-state index is 13.2. The molecule has 0 aliphatic heterocycles. The van der Waals surface area contributed by atoms with Gasteiger partial charge in [0.25, 0.3) is 5.91 Å². The summed E-state index contributed by atoms with van der Waals surface area (Å²) in [4.78, 5) is 36.8. The summed E-state index contributed by atoms with van der Waals surface area (Å²) in [6.45, 7) is 2.29. The lowest BCUT2D eigenvalue weighted by Crippen LogP contribution is -2.50. The Morgan fingerprint density at radius 2 is 1.92 bits per heavy atom. The fourth-order valence-electron chi connectivity index (χ4n) is 3.56. The minimum Gasteiger partial charge on any atom is -0.476 e. The molecule has 0 bridgehead atoms. The van der Waals surface area contributed by atoms with Crippen molar-refractivity contribution in [3.05, 3.63) is 82.9 Å². The second kappa shape index (κ2) is 12.3. The second-order valence-corrected chi connectivity index (χ2v) is 8.27. The number of aryl methyl sites for hydroxylation is 2. The molecule has 1 heterocycles. The van der Waals surface area contributed by atoms with E-state index in [1.807, 2.05) is 31.2 Å². The number of carbonyl (C=O) groups excluding carboxylic acids is 2. The van der Waals surface area contributed by atoms with Crippen molar-refractivity contribution in [2.24, 2.45) is 0 Å². The van der Waals surface area contributed by atoms with Crippen molar-refractivity contribution in [2.45, 2.75) is 44.8 Å². The number of hydrogen-bond acceptors (Lipinski definition) is 5. The number of hydrogen-bond donors (Lipinski definition) is 3. The smallest absolute Gasteiger partial charge is 0.358 e. The number of carbonyl (C=O) groups is 3. The van der Waals surface area contributed by atoms with E-state index in [9.17, 15) is 18.8 Å². The molecule has 10 heteroatoms. The molecular weight excluding hydrogens is 465 g/mol. The van der Waals surface area contributed by atoms with Crippen LogP contribution in [0.5, 0.6) is 0 Å². The molecule has 0 fully saturated rings. The molecule has 186 valence electrons. The van der Waals surface area contributed by atoms with Crippen LogP contribution < -0.4 is 10.6 Å². The first-order valence-electron chi connectivity index (χ1n) is 11.3. The van der Waals surface area contributed by atoms with Crippen LogP contribution in [0.3, 0.4) is 0 Å². The molecule has 0 unspecified atom stereocenters. The van der Waals surface area contributed by atoms with Crippen LogP contribution in [0.15, 0.2) is 54.7 Å². The number of nitrogens with one attached hydrogen (secondary N) is 2. The molecule has 2 amide bonds. The van der Waals surface area contributed by atoms with Gasteiger partial charge in [0.2, 0.25) is 5.91 Å². The van der Waals surface area contributed by atoms with E-state index >= 15 is 0 Å². The largest absolute Gasteiger partial charge is 0.476 e. The van der Waals surface area contributed by atoms with E-state index in [1.54, 1.807) is 0 Å². The monoisotopic (exact) mass is 491 g/mol. The van der Waals surface area contributed by atoms with Crippen LogP contribution in [-0.2, 0) is 17.8 Å². The zero-order valence-corrected chi connectivity index (χ0v) is 19.6. The number of amides is 2. The maximum absolute atomic E-state index is 13.2. The topological polar surface area (TPSA) is 126 Å². The van der Waals surface area contributed by atoms with Crippen molar-refractivity contribution < 1.29 is 23.9 Å². The first kappa shape index (κ1) is 26.1. The Labute approximate surface area is 207 Å². The minimum absolute atomic E-state index is 0.160. The van der Waals surface area contributed by atoms with Gasteiger partial charge in [-0.1, -0.05) is 41.0 Å². The van der Waals surface area contributed by atoms with E-state index in [-0.39, 0.29) is 17.7 Å². The molecular formula is C26H26FN5O4. The number of carboxylic acid groups (broad SMARTS) is 1. The van der Waals surface area contributed by atoms with Gasteiger partial charge in [0, 0.05) is 18.5 Å². The van der Waals surface area contributed by atoms with Gasteiger partial charge in [0.15, 0.2) is 5.69 Å². The van der Waals surface area contributed by atoms with Gasteiger partial charge in [-0.25, -0.2) is 9.18 Å². The SMILES string of the molecule is C#C[C@H](CCCn1cc(C(=O)O)nn1)NC(=O)[C@H](Cc1cccc(C)c1)NC(=O)c1ccc(F)cc1. The molecule has 0 aliphatic carbocycles. The lowest BCUT2D eigenvalue weighted by molar-refractivity contribution is -0.123. The molecule has 3 aromatic rings.